The van der Waals surface area contributed by atoms with Gasteiger partial charge in [0.1, 0.15) is 17.0 Å². The Hall–Kier alpha value is -3.07. The van der Waals surface area contributed by atoms with E-state index in [0.717, 1.165) is 62.5 Å². The third-order valence-corrected chi connectivity index (χ3v) is 6.56. The number of nitrogens with zero attached hydrogens (tertiary/aromatic N) is 5. The molecule has 0 unspecified atom stereocenters. The molecule has 2 aromatic heterocycles. The highest BCUT2D eigenvalue weighted by Gasteiger charge is 2.25. The van der Waals surface area contributed by atoms with Gasteiger partial charge in [-0.3, -0.25) is 4.79 Å². The quantitative estimate of drug-likeness (QED) is 0.498. The molecule has 9 heteroatoms. The van der Waals surface area contributed by atoms with E-state index < -0.39 is 0 Å². The van der Waals surface area contributed by atoms with Gasteiger partial charge < -0.3 is 14.4 Å². The minimum atomic E-state index is 0.0590. The highest BCUT2D eigenvalue weighted by Crippen LogP contribution is 2.34. The number of aromatic nitrogens is 4. The molecule has 3 heterocycles. The summed E-state index contributed by atoms with van der Waals surface area (Å²) in [6.07, 6.45) is 7.03. The zero-order valence-corrected chi connectivity index (χ0v) is 18.9. The Morgan fingerprint density at radius 3 is 2.76 bits per heavy atom. The van der Waals surface area contributed by atoms with Crippen molar-refractivity contribution < 1.29 is 18.9 Å². The number of morpholine rings is 1. The van der Waals surface area contributed by atoms with Crippen LogP contribution in [0.15, 0.2) is 29.0 Å². The topological polar surface area (TPSA) is 103 Å². The van der Waals surface area contributed by atoms with Crippen LogP contribution in [0.5, 0.6) is 5.75 Å². The van der Waals surface area contributed by atoms with Crippen molar-refractivity contribution in [1.82, 2.24) is 20.3 Å². The SMILES string of the molecule is CCC(=O)c1ccnc(CC2CCC(Oc3cc(N4CCOCC4)cc4nonc34)CC2)n1. The van der Waals surface area contributed by atoms with Crippen LogP contribution in [0.4, 0.5) is 5.69 Å². The van der Waals surface area contributed by atoms with Crippen LogP contribution in [0.25, 0.3) is 11.0 Å². The van der Waals surface area contributed by atoms with Crippen LogP contribution in [0.2, 0.25) is 0 Å². The highest BCUT2D eigenvalue weighted by atomic mass is 16.6. The van der Waals surface area contributed by atoms with Gasteiger partial charge in [-0.15, -0.1) is 0 Å². The Morgan fingerprint density at radius 1 is 1.15 bits per heavy atom. The Bertz CT molecular complexity index is 1100. The van der Waals surface area contributed by atoms with Gasteiger partial charge in [-0.25, -0.2) is 14.6 Å². The molecule has 0 atom stereocenters. The second-order valence-electron chi connectivity index (χ2n) is 8.77. The van der Waals surface area contributed by atoms with E-state index in [2.05, 4.69) is 25.2 Å². The van der Waals surface area contributed by atoms with Gasteiger partial charge in [0.2, 0.25) is 0 Å². The molecule has 0 bridgehead atoms. The molecular weight excluding hydrogens is 422 g/mol. The van der Waals surface area contributed by atoms with Crippen LogP contribution in [0, 0.1) is 5.92 Å². The summed E-state index contributed by atoms with van der Waals surface area (Å²) in [6, 6.07) is 5.75. The molecule has 0 N–H and O–H groups in total. The summed E-state index contributed by atoms with van der Waals surface area (Å²) in [7, 11) is 0. The summed E-state index contributed by atoms with van der Waals surface area (Å²) < 4.78 is 16.9. The number of fused-ring (bicyclic) bond motifs is 1. The molecule has 1 aromatic carbocycles. The maximum absolute atomic E-state index is 11.9. The molecule has 174 valence electrons. The normalized spacial score (nSPS) is 21.3. The molecule has 5 rings (SSSR count). The minimum Gasteiger partial charge on any atom is -0.488 e. The molecule has 2 aliphatic rings. The van der Waals surface area contributed by atoms with E-state index >= 15 is 0 Å². The van der Waals surface area contributed by atoms with Gasteiger partial charge in [-0.1, -0.05) is 6.92 Å². The van der Waals surface area contributed by atoms with Crippen molar-refractivity contribution in [2.75, 3.05) is 31.2 Å². The van der Waals surface area contributed by atoms with Gasteiger partial charge >= 0.3 is 0 Å². The largest absolute Gasteiger partial charge is 0.488 e. The predicted molar refractivity (Wildman–Crippen MR) is 122 cm³/mol. The van der Waals surface area contributed by atoms with Gasteiger partial charge in [-0.2, -0.15) is 0 Å². The van der Waals surface area contributed by atoms with Crippen molar-refractivity contribution in [1.29, 1.82) is 0 Å². The maximum atomic E-state index is 11.9. The summed E-state index contributed by atoms with van der Waals surface area (Å²) in [4.78, 5) is 23.1. The summed E-state index contributed by atoms with van der Waals surface area (Å²) in [6.45, 7) is 4.97. The van der Waals surface area contributed by atoms with Crippen molar-refractivity contribution in [3.63, 3.8) is 0 Å². The lowest BCUT2D eigenvalue weighted by atomic mass is 9.85. The Labute approximate surface area is 192 Å². The Kier molecular flexibility index (Phi) is 6.48. The van der Waals surface area contributed by atoms with Gasteiger partial charge in [-0.05, 0) is 54.0 Å². The van der Waals surface area contributed by atoms with Crippen LogP contribution in [-0.2, 0) is 11.2 Å². The molecule has 1 saturated carbocycles. The number of anilines is 1. The van der Waals surface area contributed by atoms with E-state index in [4.69, 9.17) is 14.1 Å². The zero-order chi connectivity index (χ0) is 22.6. The second-order valence-corrected chi connectivity index (χ2v) is 8.77. The third kappa shape index (κ3) is 4.98. The molecule has 1 aliphatic heterocycles. The number of ketones is 1. The lowest BCUT2D eigenvalue weighted by molar-refractivity contribution is 0.0982. The van der Waals surface area contributed by atoms with Crippen LogP contribution < -0.4 is 9.64 Å². The van der Waals surface area contributed by atoms with Gasteiger partial charge in [0.05, 0.1) is 19.3 Å². The van der Waals surface area contributed by atoms with E-state index in [0.29, 0.717) is 42.3 Å². The molecule has 3 aromatic rings. The lowest BCUT2D eigenvalue weighted by Crippen LogP contribution is -2.36. The molecular formula is C24H29N5O4. The van der Waals surface area contributed by atoms with E-state index in [-0.39, 0.29) is 11.9 Å². The first-order chi connectivity index (χ1) is 16.2. The monoisotopic (exact) mass is 451 g/mol. The van der Waals surface area contributed by atoms with E-state index in [1.54, 1.807) is 12.3 Å². The van der Waals surface area contributed by atoms with Crippen LogP contribution in [-0.4, -0.2) is 58.5 Å². The first-order valence-electron chi connectivity index (χ1n) is 11.8. The van der Waals surface area contributed by atoms with Crippen LogP contribution in [0.1, 0.15) is 55.3 Å². The third-order valence-electron chi connectivity index (χ3n) is 6.56. The van der Waals surface area contributed by atoms with Gasteiger partial charge in [0.25, 0.3) is 0 Å². The Balaban J connectivity index is 1.22. The fourth-order valence-corrected chi connectivity index (χ4v) is 4.66. The Morgan fingerprint density at radius 2 is 1.97 bits per heavy atom. The number of rotatable bonds is 7. The van der Waals surface area contributed by atoms with Crippen LogP contribution in [0.3, 0.4) is 0 Å². The van der Waals surface area contributed by atoms with Gasteiger partial charge in [0, 0.05) is 43.9 Å². The number of hydrogen-bond acceptors (Lipinski definition) is 9. The second kappa shape index (κ2) is 9.82. The molecule has 2 fully saturated rings. The standard InChI is InChI=1S/C24H29N5O4/c1-2-21(30)19-7-8-25-23(26-19)13-16-3-5-18(6-4-16)32-22-15-17(29-9-11-31-12-10-29)14-20-24(22)28-33-27-20/h7-8,14-16,18H,2-6,9-13H2,1H3. The smallest absolute Gasteiger partial charge is 0.181 e. The first kappa shape index (κ1) is 21.8. The maximum Gasteiger partial charge on any atom is 0.181 e. The highest BCUT2D eigenvalue weighted by molar-refractivity contribution is 5.93. The number of carbonyl (C=O) groups is 1. The van der Waals surface area contributed by atoms with Gasteiger partial charge in [0.15, 0.2) is 17.0 Å². The fraction of sp³-hybridized carbons (Fsp3) is 0.542. The number of carbonyl (C=O) groups excluding carboxylic acids is 1. The molecule has 9 nitrogen and oxygen atoms in total. The van der Waals surface area contributed by atoms with E-state index in [1.165, 1.54) is 0 Å². The summed E-state index contributed by atoms with van der Waals surface area (Å²) in [5, 5.41) is 8.12. The number of ether oxygens (including phenoxy) is 2. The van der Waals surface area contributed by atoms with Crippen molar-refractivity contribution >= 4 is 22.5 Å². The van der Waals surface area contributed by atoms with E-state index in [1.807, 2.05) is 19.1 Å². The molecule has 1 saturated heterocycles. The first-order valence-corrected chi connectivity index (χ1v) is 11.8. The molecule has 33 heavy (non-hydrogen) atoms. The number of Topliss-reactive ketones (excluding diaryl/α,β-unsaturated/α-hetero) is 1. The summed E-state index contributed by atoms with van der Waals surface area (Å²) in [5.74, 6) is 2.04. The number of benzene rings is 1. The zero-order valence-electron chi connectivity index (χ0n) is 18.9. The predicted octanol–water partition coefficient (Wildman–Crippen LogP) is 3.62. The van der Waals surface area contributed by atoms with E-state index in [9.17, 15) is 4.79 Å². The van der Waals surface area contributed by atoms with Crippen molar-refractivity contribution in [2.45, 2.75) is 51.6 Å². The average molecular weight is 452 g/mol. The van der Waals surface area contributed by atoms with Crippen LogP contribution >= 0.6 is 0 Å². The average Bonchev–Trinajstić information content (AvgIpc) is 3.35. The van der Waals surface area contributed by atoms with Crippen molar-refractivity contribution in [2.24, 2.45) is 5.92 Å². The summed E-state index contributed by atoms with van der Waals surface area (Å²) in [5.41, 5.74) is 2.95. The molecule has 0 amide bonds. The van der Waals surface area contributed by atoms with Crippen molar-refractivity contribution in [3.05, 3.63) is 35.9 Å². The molecule has 1 aliphatic carbocycles. The lowest BCUT2D eigenvalue weighted by Gasteiger charge is -2.30. The molecule has 0 spiro atoms. The summed E-state index contributed by atoms with van der Waals surface area (Å²) >= 11 is 0. The number of hydrogen-bond donors (Lipinski definition) is 0. The van der Waals surface area contributed by atoms with Crippen molar-refractivity contribution in [3.8, 4) is 5.75 Å². The fourth-order valence-electron chi connectivity index (χ4n) is 4.66. The molecule has 0 radical (unpaired) electrons. The minimum absolute atomic E-state index is 0.0590.